The molecule has 0 radical (unpaired) electrons. The average molecular weight is 592 g/mol. The summed E-state index contributed by atoms with van der Waals surface area (Å²) >= 11 is 1.88. The zero-order valence-electron chi connectivity index (χ0n) is 24.2. The van der Waals surface area contributed by atoms with Crippen molar-refractivity contribution in [3.63, 3.8) is 0 Å². The van der Waals surface area contributed by atoms with E-state index in [2.05, 4.69) is 132 Å². The highest BCUT2D eigenvalue weighted by Gasteiger charge is 2.24. The largest absolute Gasteiger partial charge is 0.278 e. The summed E-state index contributed by atoms with van der Waals surface area (Å²) in [6.45, 7) is 0. The van der Waals surface area contributed by atoms with E-state index in [-0.39, 0.29) is 0 Å². The van der Waals surface area contributed by atoms with Crippen molar-refractivity contribution >= 4 is 53.4 Å². The zero-order valence-corrected chi connectivity index (χ0v) is 25.1. The van der Waals surface area contributed by atoms with Crippen LogP contribution >= 0.6 is 11.3 Å². The number of para-hydroxylation sites is 1. The summed E-state index contributed by atoms with van der Waals surface area (Å²) in [5.41, 5.74) is 12.1. The van der Waals surface area contributed by atoms with Crippen LogP contribution in [0.25, 0.3) is 81.3 Å². The fraction of sp³-hybridized carbons (Fsp3) is 0.0244. The molecule has 5 aromatic carbocycles. The van der Waals surface area contributed by atoms with E-state index in [4.69, 9.17) is 9.97 Å². The monoisotopic (exact) mass is 591 g/mol. The highest BCUT2D eigenvalue weighted by atomic mass is 32.1. The molecule has 0 saturated carbocycles. The van der Waals surface area contributed by atoms with Crippen molar-refractivity contribution in [2.45, 2.75) is 6.42 Å². The number of hydrogen-bond acceptors (Lipinski definition) is 3. The van der Waals surface area contributed by atoms with Gasteiger partial charge in [0.2, 0.25) is 0 Å². The second-order valence-corrected chi connectivity index (χ2v) is 12.8. The van der Waals surface area contributed by atoms with Gasteiger partial charge in [0.05, 0.1) is 11.2 Å². The van der Waals surface area contributed by atoms with Crippen molar-refractivity contribution in [1.82, 2.24) is 14.5 Å². The first-order chi connectivity index (χ1) is 22.3. The zero-order chi connectivity index (χ0) is 29.5. The maximum atomic E-state index is 5.29. The topological polar surface area (TPSA) is 30.7 Å². The normalized spacial score (nSPS) is 12.4. The highest BCUT2D eigenvalue weighted by Crippen LogP contribution is 2.44. The number of nitrogens with zero attached hydrogens (tertiary/aromatic N) is 3. The predicted octanol–water partition coefficient (Wildman–Crippen LogP) is 10.8. The van der Waals surface area contributed by atoms with Crippen LogP contribution in [0.15, 0.2) is 140 Å². The van der Waals surface area contributed by atoms with Gasteiger partial charge in [-0.2, -0.15) is 0 Å². The molecule has 0 fully saturated rings. The molecule has 0 amide bonds. The number of benzene rings is 5. The van der Waals surface area contributed by atoms with Gasteiger partial charge in [-0.15, -0.1) is 11.3 Å². The average Bonchev–Trinajstić information content (AvgIpc) is 3.77. The molecule has 4 heteroatoms. The smallest absolute Gasteiger partial charge is 0.146 e. The second-order valence-electron chi connectivity index (χ2n) is 11.8. The van der Waals surface area contributed by atoms with Gasteiger partial charge >= 0.3 is 0 Å². The van der Waals surface area contributed by atoms with E-state index in [9.17, 15) is 0 Å². The van der Waals surface area contributed by atoms with E-state index >= 15 is 0 Å². The van der Waals surface area contributed by atoms with Gasteiger partial charge in [-0.25, -0.2) is 9.97 Å². The predicted molar refractivity (Wildman–Crippen MR) is 188 cm³/mol. The Bertz CT molecular complexity index is 2590. The van der Waals surface area contributed by atoms with Gasteiger partial charge in [0.25, 0.3) is 0 Å². The van der Waals surface area contributed by atoms with Crippen molar-refractivity contribution in [1.29, 1.82) is 0 Å². The number of hydrogen-bond donors (Lipinski definition) is 0. The standard InChI is InChI=1S/C41H25N3S/c1-3-18-37-31(11-1)34-17-8-22-42-41(34)44(37)39-21-20-30-29-15-6-13-27(35(29)24-36(30)43-39)25-9-5-10-26(23-25)28-14-7-16-33-32-12-2-4-19-38(32)45-40(28)33/h1-23H,24H2. The van der Waals surface area contributed by atoms with Gasteiger partial charge in [0.15, 0.2) is 0 Å². The van der Waals surface area contributed by atoms with Gasteiger partial charge < -0.3 is 0 Å². The Hall–Kier alpha value is -5.58. The first-order valence-corrected chi connectivity index (χ1v) is 16.1. The minimum absolute atomic E-state index is 0.801. The Morgan fingerprint density at radius 2 is 1.29 bits per heavy atom. The van der Waals surface area contributed by atoms with Crippen molar-refractivity contribution < 1.29 is 0 Å². The molecule has 0 atom stereocenters. The summed E-state index contributed by atoms with van der Waals surface area (Å²) in [5, 5.41) is 5.00. The third-order valence-corrected chi connectivity index (χ3v) is 10.5. The highest BCUT2D eigenvalue weighted by molar-refractivity contribution is 7.26. The fourth-order valence-electron chi connectivity index (χ4n) is 7.32. The molecule has 1 aliphatic carbocycles. The van der Waals surface area contributed by atoms with Gasteiger partial charge in [-0.1, -0.05) is 91.0 Å². The number of rotatable bonds is 3. The van der Waals surface area contributed by atoms with Crippen LogP contribution in [0.5, 0.6) is 0 Å². The third kappa shape index (κ3) is 3.63. The fourth-order valence-corrected chi connectivity index (χ4v) is 8.56. The second kappa shape index (κ2) is 9.46. The Balaban J connectivity index is 1.08. The van der Waals surface area contributed by atoms with E-state index in [0.717, 1.165) is 34.5 Å². The molecule has 0 aliphatic heterocycles. The minimum Gasteiger partial charge on any atom is -0.278 e. The lowest BCUT2D eigenvalue weighted by molar-refractivity contribution is 1.01. The van der Waals surface area contributed by atoms with E-state index in [0.29, 0.717) is 0 Å². The molecule has 0 saturated heterocycles. The summed E-state index contributed by atoms with van der Waals surface area (Å²) in [6.07, 6.45) is 2.66. The van der Waals surface area contributed by atoms with Gasteiger partial charge in [-0.3, -0.25) is 4.57 Å². The molecule has 9 aromatic rings. The summed E-state index contributed by atoms with van der Waals surface area (Å²) in [5.74, 6) is 0.909. The third-order valence-electron chi connectivity index (χ3n) is 9.32. The van der Waals surface area contributed by atoms with Gasteiger partial charge in [0, 0.05) is 49.1 Å². The lowest BCUT2D eigenvalue weighted by atomic mass is 9.93. The van der Waals surface area contributed by atoms with Crippen molar-refractivity contribution in [3.8, 4) is 39.2 Å². The van der Waals surface area contributed by atoms with Gasteiger partial charge in [0.1, 0.15) is 11.5 Å². The maximum Gasteiger partial charge on any atom is 0.146 e. The van der Waals surface area contributed by atoms with Gasteiger partial charge in [-0.05, 0) is 75.8 Å². The number of aromatic nitrogens is 3. The van der Waals surface area contributed by atoms with Crippen molar-refractivity contribution in [3.05, 3.63) is 151 Å². The van der Waals surface area contributed by atoms with E-state index < -0.39 is 0 Å². The summed E-state index contributed by atoms with van der Waals surface area (Å²) in [6, 6.07) is 48.2. The molecule has 1 aliphatic rings. The summed E-state index contributed by atoms with van der Waals surface area (Å²) in [7, 11) is 0. The minimum atomic E-state index is 0.801. The molecule has 0 unspecified atom stereocenters. The van der Waals surface area contributed by atoms with Crippen molar-refractivity contribution in [2.24, 2.45) is 0 Å². The van der Waals surface area contributed by atoms with E-state index in [1.165, 1.54) is 64.5 Å². The van der Waals surface area contributed by atoms with Crippen LogP contribution in [0.1, 0.15) is 11.3 Å². The molecule has 4 heterocycles. The van der Waals surface area contributed by atoms with Crippen molar-refractivity contribution in [2.75, 3.05) is 0 Å². The molecule has 45 heavy (non-hydrogen) atoms. The van der Waals surface area contributed by atoms with Crippen LogP contribution in [-0.4, -0.2) is 14.5 Å². The number of pyridine rings is 2. The summed E-state index contributed by atoms with van der Waals surface area (Å²) in [4.78, 5) is 10.1. The van der Waals surface area contributed by atoms with E-state index in [1.54, 1.807) is 0 Å². The quantitative estimate of drug-likeness (QED) is 0.205. The molecule has 0 spiro atoms. The number of fused-ring (bicyclic) bond motifs is 9. The molecule has 0 bridgehead atoms. The molecule has 3 nitrogen and oxygen atoms in total. The summed E-state index contributed by atoms with van der Waals surface area (Å²) < 4.78 is 4.88. The van der Waals surface area contributed by atoms with Crippen LogP contribution in [0, 0.1) is 0 Å². The Morgan fingerprint density at radius 3 is 2.24 bits per heavy atom. The SMILES string of the molecule is c1cc(-c2cccc3c2Cc2nc(-n4c5ccccc5c5cccnc54)ccc2-3)cc(-c2cccc3c2sc2ccccc23)c1. The molecule has 4 aromatic heterocycles. The Kier molecular flexibility index (Phi) is 5.22. The molecular weight excluding hydrogens is 567 g/mol. The van der Waals surface area contributed by atoms with Crippen LogP contribution in [0.2, 0.25) is 0 Å². The molecular formula is C41H25N3S. The number of thiophene rings is 1. The molecule has 210 valence electrons. The molecule has 0 N–H and O–H groups in total. The van der Waals surface area contributed by atoms with E-state index in [1.807, 2.05) is 23.6 Å². The lowest BCUT2D eigenvalue weighted by Crippen LogP contribution is -2.00. The van der Waals surface area contributed by atoms with Crippen LogP contribution < -0.4 is 0 Å². The maximum absolute atomic E-state index is 5.29. The molecule has 10 rings (SSSR count). The van der Waals surface area contributed by atoms with Crippen LogP contribution in [0.3, 0.4) is 0 Å². The first kappa shape index (κ1) is 24.8. The van der Waals surface area contributed by atoms with Crippen LogP contribution in [0.4, 0.5) is 0 Å². The lowest BCUT2D eigenvalue weighted by Gasteiger charge is -2.11. The Labute approximate surface area is 263 Å². The van der Waals surface area contributed by atoms with Crippen LogP contribution in [-0.2, 0) is 6.42 Å². The first-order valence-electron chi connectivity index (χ1n) is 15.3. The Morgan fingerprint density at radius 1 is 0.556 bits per heavy atom.